The normalized spacial score (nSPS) is 14.3. The first kappa shape index (κ1) is 21.2. The van der Waals surface area contributed by atoms with Gasteiger partial charge >= 0.3 is 5.97 Å². The quantitative estimate of drug-likeness (QED) is 0.475. The van der Waals surface area contributed by atoms with E-state index in [1.165, 1.54) is 13.5 Å². The van der Waals surface area contributed by atoms with E-state index in [4.69, 9.17) is 9.47 Å². The van der Waals surface area contributed by atoms with E-state index in [2.05, 4.69) is 0 Å². The van der Waals surface area contributed by atoms with E-state index in [0.29, 0.717) is 11.3 Å². The molecule has 0 bridgehead atoms. The van der Waals surface area contributed by atoms with Gasteiger partial charge in [0.2, 0.25) is 0 Å². The number of hydrogen-bond acceptors (Lipinski definition) is 5. The number of amides is 1. The van der Waals surface area contributed by atoms with Crippen LogP contribution in [0.5, 0.6) is 5.75 Å². The number of anilines is 1. The molecule has 0 heterocycles. The third-order valence-corrected chi connectivity index (χ3v) is 5.92. The van der Waals surface area contributed by atoms with Crippen LogP contribution in [-0.4, -0.2) is 37.9 Å². The van der Waals surface area contributed by atoms with Crippen LogP contribution in [0.1, 0.15) is 42.5 Å². The van der Waals surface area contributed by atoms with Gasteiger partial charge in [-0.3, -0.25) is 4.79 Å². The van der Waals surface area contributed by atoms with Crippen molar-refractivity contribution in [3.8, 4) is 5.75 Å². The highest BCUT2D eigenvalue weighted by atomic mass is 32.2. The largest absolute Gasteiger partial charge is 0.496 e. The fraction of sp³-hybridized carbons (Fsp3) is 0.391. The van der Waals surface area contributed by atoms with Gasteiger partial charge in [0.25, 0.3) is 5.91 Å². The summed E-state index contributed by atoms with van der Waals surface area (Å²) < 4.78 is 10.7. The number of thioether (sulfide) groups is 1. The number of rotatable bonds is 7. The lowest BCUT2D eigenvalue weighted by molar-refractivity contribution is -0.122. The number of carbonyl (C=O) groups excluding carboxylic acids is 2. The van der Waals surface area contributed by atoms with E-state index in [-0.39, 0.29) is 18.6 Å². The van der Waals surface area contributed by atoms with Crippen LogP contribution in [0.25, 0.3) is 0 Å². The number of esters is 1. The van der Waals surface area contributed by atoms with Crippen LogP contribution in [-0.2, 0) is 9.53 Å². The van der Waals surface area contributed by atoms with E-state index in [1.54, 1.807) is 28.8 Å². The Morgan fingerprint density at radius 3 is 2.45 bits per heavy atom. The maximum Gasteiger partial charge on any atom is 0.342 e. The summed E-state index contributed by atoms with van der Waals surface area (Å²) in [5.74, 6) is -0.308. The second kappa shape index (κ2) is 10.3. The number of para-hydroxylation sites is 1. The van der Waals surface area contributed by atoms with Gasteiger partial charge < -0.3 is 14.4 Å². The zero-order valence-electron chi connectivity index (χ0n) is 16.9. The molecule has 1 amide bonds. The summed E-state index contributed by atoms with van der Waals surface area (Å²) in [5, 5.41) is 0. The van der Waals surface area contributed by atoms with Crippen molar-refractivity contribution >= 4 is 29.3 Å². The first-order valence-corrected chi connectivity index (χ1v) is 11.1. The van der Waals surface area contributed by atoms with Gasteiger partial charge in [0.05, 0.1) is 7.11 Å². The lowest BCUT2D eigenvalue weighted by Crippen LogP contribution is -2.43. The molecule has 0 unspecified atom stereocenters. The zero-order chi connectivity index (χ0) is 20.6. The molecule has 3 rings (SSSR count). The molecular formula is C23H27NO4S. The highest BCUT2D eigenvalue weighted by Gasteiger charge is 2.28. The molecule has 5 nitrogen and oxygen atoms in total. The summed E-state index contributed by atoms with van der Waals surface area (Å²) in [6, 6.07) is 15.1. The summed E-state index contributed by atoms with van der Waals surface area (Å²) in [4.78, 5) is 28.4. The maximum atomic E-state index is 13.0. The Morgan fingerprint density at radius 1 is 1.07 bits per heavy atom. The number of nitrogens with zero attached hydrogens (tertiary/aromatic N) is 1. The minimum Gasteiger partial charge on any atom is -0.496 e. The molecule has 0 aliphatic heterocycles. The molecule has 0 saturated heterocycles. The van der Waals surface area contributed by atoms with Crippen LogP contribution < -0.4 is 9.64 Å². The van der Waals surface area contributed by atoms with E-state index in [9.17, 15) is 9.59 Å². The standard InChI is InChI=1S/C23H27NO4S/c1-27-21-15-19(29-2)13-14-20(21)23(26)28-16-22(25)24(17-9-5-3-6-10-17)18-11-7-4-8-12-18/h3,5-6,9-10,13-15,18H,4,7-8,11-12,16H2,1-2H3. The molecule has 29 heavy (non-hydrogen) atoms. The highest BCUT2D eigenvalue weighted by Crippen LogP contribution is 2.28. The summed E-state index contributed by atoms with van der Waals surface area (Å²) in [6.07, 6.45) is 7.32. The molecule has 0 N–H and O–H groups in total. The predicted molar refractivity (Wildman–Crippen MR) is 116 cm³/mol. The molecule has 1 saturated carbocycles. The summed E-state index contributed by atoms with van der Waals surface area (Å²) in [7, 11) is 1.52. The molecule has 154 valence electrons. The number of hydrogen-bond donors (Lipinski definition) is 0. The third-order valence-electron chi connectivity index (χ3n) is 5.20. The molecule has 1 aliphatic rings. The Morgan fingerprint density at radius 2 is 1.79 bits per heavy atom. The van der Waals surface area contributed by atoms with Gasteiger partial charge in [-0.2, -0.15) is 0 Å². The van der Waals surface area contributed by atoms with Crippen molar-refractivity contribution in [2.24, 2.45) is 0 Å². The monoisotopic (exact) mass is 413 g/mol. The summed E-state index contributed by atoms with van der Waals surface area (Å²) in [5.41, 5.74) is 1.17. The zero-order valence-corrected chi connectivity index (χ0v) is 17.7. The molecule has 2 aromatic carbocycles. The smallest absolute Gasteiger partial charge is 0.342 e. The predicted octanol–water partition coefficient (Wildman–Crippen LogP) is 4.94. The molecule has 0 aromatic heterocycles. The van der Waals surface area contributed by atoms with E-state index < -0.39 is 5.97 Å². The van der Waals surface area contributed by atoms with Crippen molar-refractivity contribution in [3.63, 3.8) is 0 Å². The van der Waals surface area contributed by atoms with Gasteiger partial charge in [-0.15, -0.1) is 11.8 Å². The van der Waals surface area contributed by atoms with Crippen LogP contribution in [0, 0.1) is 0 Å². The van der Waals surface area contributed by atoms with Gasteiger partial charge in [-0.1, -0.05) is 37.5 Å². The van der Waals surface area contributed by atoms with Gasteiger partial charge in [-0.25, -0.2) is 4.79 Å². The van der Waals surface area contributed by atoms with Crippen molar-refractivity contribution < 1.29 is 19.1 Å². The molecule has 2 aromatic rings. The van der Waals surface area contributed by atoms with Crippen molar-refractivity contribution in [2.75, 3.05) is 24.9 Å². The first-order chi connectivity index (χ1) is 14.1. The maximum absolute atomic E-state index is 13.0. The minimum atomic E-state index is -0.556. The van der Waals surface area contributed by atoms with Crippen molar-refractivity contribution in [1.29, 1.82) is 0 Å². The molecule has 0 atom stereocenters. The van der Waals surface area contributed by atoms with Crippen LogP contribution in [0.4, 0.5) is 5.69 Å². The van der Waals surface area contributed by atoms with E-state index in [1.807, 2.05) is 42.7 Å². The average molecular weight is 414 g/mol. The molecule has 0 spiro atoms. The second-order valence-electron chi connectivity index (χ2n) is 7.03. The van der Waals surface area contributed by atoms with Crippen LogP contribution in [0.3, 0.4) is 0 Å². The summed E-state index contributed by atoms with van der Waals surface area (Å²) in [6.45, 7) is -0.294. The van der Waals surface area contributed by atoms with Crippen LogP contribution in [0.2, 0.25) is 0 Å². The van der Waals surface area contributed by atoms with Crippen molar-refractivity contribution in [2.45, 2.75) is 43.0 Å². The topological polar surface area (TPSA) is 55.8 Å². The third kappa shape index (κ3) is 5.32. The fourth-order valence-electron chi connectivity index (χ4n) is 3.73. The van der Waals surface area contributed by atoms with Gasteiger partial charge in [0.1, 0.15) is 11.3 Å². The van der Waals surface area contributed by atoms with Crippen molar-refractivity contribution in [3.05, 3.63) is 54.1 Å². The molecular weight excluding hydrogens is 386 g/mol. The second-order valence-corrected chi connectivity index (χ2v) is 7.91. The van der Waals surface area contributed by atoms with Gasteiger partial charge in [0.15, 0.2) is 6.61 Å². The van der Waals surface area contributed by atoms with Gasteiger partial charge in [-0.05, 0) is 49.4 Å². The van der Waals surface area contributed by atoms with Crippen LogP contribution >= 0.6 is 11.8 Å². The van der Waals surface area contributed by atoms with E-state index >= 15 is 0 Å². The van der Waals surface area contributed by atoms with Crippen molar-refractivity contribution in [1.82, 2.24) is 0 Å². The molecule has 1 aliphatic carbocycles. The Bertz CT molecular complexity index is 834. The molecule has 0 radical (unpaired) electrons. The number of ether oxygens (including phenoxy) is 2. The fourth-order valence-corrected chi connectivity index (χ4v) is 4.16. The number of benzene rings is 2. The summed E-state index contributed by atoms with van der Waals surface area (Å²) >= 11 is 1.56. The minimum absolute atomic E-state index is 0.146. The van der Waals surface area contributed by atoms with E-state index in [0.717, 1.165) is 36.3 Å². The first-order valence-electron chi connectivity index (χ1n) is 9.90. The lowest BCUT2D eigenvalue weighted by atomic mass is 9.93. The Kier molecular flexibility index (Phi) is 7.58. The molecule has 6 heteroatoms. The number of carbonyl (C=O) groups is 2. The van der Waals surface area contributed by atoms with Crippen LogP contribution in [0.15, 0.2) is 53.4 Å². The lowest BCUT2D eigenvalue weighted by Gasteiger charge is -2.34. The Hall–Kier alpha value is -2.47. The number of methoxy groups -OCH3 is 1. The SMILES string of the molecule is COc1cc(SC)ccc1C(=O)OCC(=O)N(c1ccccc1)C1CCCCC1. The van der Waals surface area contributed by atoms with Gasteiger partial charge in [0, 0.05) is 16.6 Å². The molecule has 1 fully saturated rings. The highest BCUT2D eigenvalue weighted by molar-refractivity contribution is 7.98. The Balaban J connectivity index is 1.72. The average Bonchev–Trinajstić information content (AvgIpc) is 2.78. The Labute approximate surface area is 176 Å².